The van der Waals surface area contributed by atoms with Crippen LogP contribution in [0, 0.1) is 11.6 Å². The van der Waals surface area contributed by atoms with E-state index < -0.39 is 27.6 Å². The molecule has 3 rings (SSSR count). The van der Waals surface area contributed by atoms with Crippen molar-refractivity contribution in [3.8, 4) is 5.75 Å². The third kappa shape index (κ3) is 3.93. The van der Waals surface area contributed by atoms with E-state index in [1.54, 1.807) is 0 Å². The Bertz CT molecular complexity index is 973. The lowest BCUT2D eigenvalue weighted by Gasteiger charge is -2.17. The van der Waals surface area contributed by atoms with E-state index in [4.69, 9.17) is 4.74 Å². The number of ether oxygens (including phenoxy) is 1. The standard InChI is InChI=1S/C18H18F2N2O4S/c1-26-17-7-5-13(27(24,25)22-8-2-3-9-22)11-16(17)21-18(23)12-4-6-14(19)15(20)10-12/h4-7,10-11H,2-3,8-9H2,1H3,(H,21,23). The molecular weight excluding hydrogens is 378 g/mol. The molecule has 0 bridgehead atoms. The predicted octanol–water partition coefficient (Wildman–Crippen LogP) is 3.01. The van der Waals surface area contributed by atoms with Gasteiger partial charge in [-0.15, -0.1) is 0 Å². The predicted molar refractivity (Wildman–Crippen MR) is 95.3 cm³/mol. The lowest BCUT2D eigenvalue weighted by atomic mass is 10.2. The molecule has 0 aliphatic carbocycles. The smallest absolute Gasteiger partial charge is 0.255 e. The zero-order valence-corrected chi connectivity index (χ0v) is 15.4. The molecule has 27 heavy (non-hydrogen) atoms. The van der Waals surface area contributed by atoms with Crippen LogP contribution in [-0.4, -0.2) is 38.8 Å². The number of anilines is 1. The highest BCUT2D eigenvalue weighted by molar-refractivity contribution is 7.89. The van der Waals surface area contributed by atoms with Crippen LogP contribution in [-0.2, 0) is 10.0 Å². The van der Waals surface area contributed by atoms with Crippen molar-refractivity contribution in [3.05, 3.63) is 53.6 Å². The Balaban J connectivity index is 1.92. The Hall–Kier alpha value is -2.52. The number of rotatable bonds is 5. The highest BCUT2D eigenvalue weighted by atomic mass is 32.2. The minimum atomic E-state index is -3.68. The molecule has 0 radical (unpaired) electrons. The summed E-state index contributed by atoms with van der Waals surface area (Å²) in [6, 6.07) is 6.87. The molecule has 0 saturated carbocycles. The van der Waals surface area contributed by atoms with Crippen LogP contribution in [0.4, 0.5) is 14.5 Å². The summed E-state index contributed by atoms with van der Waals surface area (Å²) < 4.78 is 58.4. The van der Waals surface area contributed by atoms with Crippen molar-refractivity contribution in [2.24, 2.45) is 0 Å². The van der Waals surface area contributed by atoms with E-state index in [-0.39, 0.29) is 21.9 Å². The number of carbonyl (C=O) groups is 1. The van der Waals surface area contributed by atoms with Crippen molar-refractivity contribution < 1.29 is 26.7 Å². The van der Waals surface area contributed by atoms with E-state index in [9.17, 15) is 22.0 Å². The average molecular weight is 396 g/mol. The molecule has 9 heteroatoms. The monoisotopic (exact) mass is 396 g/mol. The van der Waals surface area contributed by atoms with Gasteiger partial charge in [-0.25, -0.2) is 17.2 Å². The molecular formula is C18H18F2N2O4S. The molecule has 1 fully saturated rings. The fraction of sp³-hybridized carbons (Fsp3) is 0.278. The molecule has 6 nitrogen and oxygen atoms in total. The van der Waals surface area contributed by atoms with Gasteiger partial charge in [0.25, 0.3) is 5.91 Å². The number of sulfonamides is 1. The van der Waals surface area contributed by atoms with Crippen LogP contribution in [0.3, 0.4) is 0 Å². The topological polar surface area (TPSA) is 75.7 Å². The molecule has 1 amide bonds. The minimum Gasteiger partial charge on any atom is -0.495 e. The molecule has 0 aromatic heterocycles. The summed E-state index contributed by atoms with van der Waals surface area (Å²) in [5, 5.41) is 2.49. The fourth-order valence-electron chi connectivity index (χ4n) is 2.85. The summed E-state index contributed by atoms with van der Waals surface area (Å²) in [4.78, 5) is 12.4. The Morgan fingerprint density at radius 2 is 1.78 bits per heavy atom. The number of halogens is 2. The van der Waals surface area contributed by atoms with Crippen molar-refractivity contribution in [2.75, 3.05) is 25.5 Å². The van der Waals surface area contributed by atoms with E-state index >= 15 is 0 Å². The second-order valence-corrected chi connectivity index (χ2v) is 7.99. The van der Waals surface area contributed by atoms with Gasteiger partial charge in [0.15, 0.2) is 11.6 Å². The molecule has 2 aromatic rings. The van der Waals surface area contributed by atoms with Crippen LogP contribution in [0.5, 0.6) is 5.75 Å². The minimum absolute atomic E-state index is 0.0192. The first kappa shape index (κ1) is 19.2. The zero-order chi connectivity index (χ0) is 19.6. The van der Waals surface area contributed by atoms with E-state index in [0.29, 0.717) is 13.1 Å². The van der Waals surface area contributed by atoms with Gasteiger partial charge in [-0.3, -0.25) is 4.79 Å². The van der Waals surface area contributed by atoms with Crippen LogP contribution in [0.15, 0.2) is 41.3 Å². The van der Waals surface area contributed by atoms with Gasteiger partial charge < -0.3 is 10.1 Å². The fourth-order valence-corrected chi connectivity index (χ4v) is 4.40. The van der Waals surface area contributed by atoms with Gasteiger partial charge in [0, 0.05) is 18.7 Å². The van der Waals surface area contributed by atoms with Gasteiger partial charge in [0.1, 0.15) is 5.75 Å². The number of hydrogen-bond acceptors (Lipinski definition) is 4. The van der Waals surface area contributed by atoms with E-state index in [0.717, 1.165) is 31.0 Å². The van der Waals surface area contributed by atoms with Gasteiger partial charge in [-0.05, 0) is 49.2 Å². The average Bonchev–Trinajstić information content (AvgIpc) is 3.19. The van der Waals surface area contributed by atoms with Gasteiger partial charge >= 0.3 is 0 Å². The first-order valence-corrected chi connectivity index (χ1v) is 9.71. The Morgan fingerprint density at radius 1 is 1.07 bits per heavy atom. The third-order valence-corrected chi connectivity index (χ3v) is 6.20. The Morgan fingerprint density at radius 3 is 2.41 bits per heavy atom. The van der Waals surface area contributed by atoms with Crippen LogP contribution in [0.25, 0.3) is 0 Å². The number of nitrogens with zero attached hydrogens (tertiary/aromatic N) is 1. The molecule has 1 aliphatic rings. The van der Waals surface area contributed by atoms with Gasteiger partial charge in [0.05, 0.1) is 17.7 Å². The second-order valence-electron chi connectivity index (χ2n) is 6.06. The summed E-state index contributed by atoms with van der Waals surface area (Å²) in [5.41, 5.74) is 0.0104. The zero-order valence-electron chi connectivity index (χ0n) is 14.5. The lowest BCUT2D eigenvalue weighted by molar-refractivity contribution is 0.102. The highest BCUT2D eigenvalue weighted by Crippen LogP contribution is 2.30. The molecule has 1 heterocycles. The van der Waals surface area contributed by atoms with Crippen molar-refractivity contribution in [3.63, 3.8) is 0 Å². The highest BCUT2D eigenvalue weighted by Gasteiger charge is 2.28. The molecule has 0 spiro atoms. The van der Waals surface area contributed by atoms with Gasteiger partial charge in [-0.2, -0.15) is 4.31 Å². The maximum atomic E-state index is 13.4. The van der Waals surface area contributed by atoms with Crippen molar-refractivity contribution in [1.82, 2.24) is 4.31 Å². The van der Waals surface area contributed by atoms with Crippen molar-refractivity contribution in [1.29, 1.82) is 0 Å². The Labute approximate surface area is 155 Å². The first-order valence-electron chi connectivity index (χ1n) is 8.27. The first-order chi connectivity index (χ1) is 12.8. The van der Waals surface area contributed by atoms with Crippen LogP contribution in [0.2, 0.25) is 0 Å². The summed E-state index contributed by atoms with van der Waals surface area (Å²) in [6.45, 7) is 0.899. The third-order valence-electron chi connectivity index (χ3n) is 4.30. The lowest BCUT2D eigenvalue weighted by Crippen LogP contribution is -2.28. The van der Waals surface area contributed by atoms with Crippen LogP contribution >= 0.6 is 0 Å². The molecule has 1 N–H and O–H groups in total. The van der Waals surface area contributed by atoms with Crippen molar-refractivity contribution in [2.45, 2.75) is 17.7 Å². The largest absolute Gasteiger partial charge is 0.495 e. The molecule has 0 atom stereocenters. The maximum absolute atomic E-state index is 13.4. The Kier molecular flexibility index (Phi) is 5.43. The number of amides is 1. The molecule has 2 aromatic carbocycles. The summed E-state index contributed by atoms with van der Waals surface area (Å²) in [6.07, 6.45) is 1.60. The quantitative estimate of drug-likeness (QED) is 0.843. The molecule has 1 aliphatic heterocycles. The maximum Gasteiger partial charge on any atom is 0.255 e. The summed E-state index contributed by atoms with van der Waals surface area (Å²) in [5.74, 6) is -2.70. The normalized spacial score (nSPS) is 14.9. The summed E-state index contributed by atoms with van der Waals surface area (Å²) >= 11 is 0. The van der Waals surface area contributed by atoms with Crippen LogP contribution in [0.1, 0.15) is 23.2 Å². The number of methoxy groups -OCH3 is 1. The molecule has 144 valence electrons. The number of carbonyl (C=O) groups excluding carboxylic acids is 1. The van der Waals surface area contributed by atoms with Crippen LogP contribution < -0.4 is 10.1 Å². The van der Waals surface area contributed by atoms with E-state index in [1.165, 1.54) is 29.6 Å². The van der Waals surface area contributed by atoms with Crippen molar-refractivity contribution >= 4 is 21.6 Å². The molecule has 1 saturated heterocycles. The van der Waals surface area contributed by atoms with E-state index in [1.807, 2.05) is 0 Å². The number of hydrogen-bond donors (Lipinski definition) is 1. The van der Waals surface area contributed by atoms with E-state index in [2.05, 4.69) is 5.32 Å². The number of nitrogens with one attached hydrogen (secondary N) is 1. The SMILES string of the molecule is COc1ccc(S(=O)(=O)N2CCCC2)cc1NC(=O)c1ccc(F)c(F)c1. The molecule has 0 unspecified atom stereocenters. The number of benzene rings is 2. The van der Waals surface area contributed by atoms with Gasteiger partial charge in [-0.1, -0.05) is 0 Å². The second kappa shape index (κ2) is 7.61. The van der Waals surface area contributed by atoms with Gasteiger partial charge in [0.2, 0.25) is 10.0 Å². The summed E-state index contributed by atoms with van der Waals surface area (Å²) in [7, 11) is -2.31.